The lowest BCUT2D eigenvalue weighted by Gasteiger charge is -2.39. The molecule has 1 aromatic heterocycles. The molecule has 11 heteroatoms. The van der Waals surface area contributed by atoms with Crippen LogP contribution in [0.5, 0.6) is 5.75 Å². The normalized spacial score (nSPS) is 26.4. The van der Waals surface area contributed by atoms with Gasteiger partial charge >= 0.3 is 6.18 Å². The maximum absolute atomic E-state index is 12.9. The molecule has 0 aliphatic carbocycles. The second-order valence-corrected chi connectivity index (χ2v) is 7.79. The highest BCUT2D eigenvalue weighted by molar-refractivity contribution is 6.32. The number of alkyl halides is 3. The van der Waals surface area contributed by atoms with Crippen molar-refractivity contribution in [2.45, 2.75) is 36.9 Å². The summed E-state index contributed by atoms with van der Waals surface area (Å²) in [4.78, 5) is 0. The molecule has 0 amide bonds. The molecule has 1 aliphatic heterocycles. The van der Waals surface area contributed by atoms with Crippen molar-refractivity contribution in [2.24, 2.45) is 0 Å². The molecular formula is C21H19ClF3NO6. The lowest BCUT2D eigenvalue weighted by atomic mass is 9.99. The van der Waals surface area contributed by atoms with Crippen LogP contribution in [-0.4, -0.2) is 62.3 Å². The second kappa shape index (κ2) is 8.54. The minimum atomic E-state index is -4.44. The fourth-order valence-electron chi connectivity index (χ4n) is 3.57. The third kappa shape index (κ3) is 4.17. The topological polar surface area (TPSA) is 104 Å². The van der Waals surface area contributed by atoms with Gasteiger partial charge in [0.2, 0.25) is 6.29 Å². The van der Waals surface area contributed by atoms with Crippen molar-refractivity contribution in [3.8, 4) is 11.4 Å². The summed E-state index contributed by atoms with van der Waals surface area (Å²) >= 11 is 6.30. The second-order valence-electron chi connectivity index (χ2n) is 7.39. The number of hydrogen-bond donors (Lipinski definition) is 4. The van der Waals surface area contributed by atoms with Gasteiger partial charge in [-0.15, -0.1) is 0 Å². The monoisotopic (exact) mass is 473 g/mol. The van der Waals surface area contributed by atoms with E-state index in [1.54, 1.807) is 22.9 Å². The Hall–Kier alpha value is -2.34. The van der Waals surface area contributed by atoms with Gasteiger partial charge in [0.15, 0.2) is 0 Å². The molecule has 1 saturated heterocycles. The molecule has 5 atom stereocenters. The molecule has 172 valence electrons. The van der Waals surface area contributed by atoms with Crippen LogP contribution in [0.25, 0.3) is 16.6 Å². The minimum absolute atomic E-state index is 0.0931. The van der Waals surface area contributed by atoms with Crippen LogP contribution >= 0.6 is 11.6 Å². The predicted molar refractivity (Wildman–Crippen MR) is 108 cm³/mol. The zero-order valence-corrected chi connectivity index (χ0v) is 17.0. The average Bonchev–Trinajstić information content (AvgIpc) is 3.18. The van der Waals surface area contributed by atoms with Gasteiger partial charge in [-0.25, -0.2) is 0 Å². The Balaban J connectivity index is 1.59. The van der Waals surface area contributed by atoms with Crippen LogP contribution in [-0.2, 0) is 10.9 Å². The van der Waals surface area contributed by atoms with E-state index in [0.717, 1.165) is 12.1 Å². The summed E-state index contributed by atoms with van der Waals surface area (Å²) in [7, 11) is 0. The van der Waals surface area contributed by atoms with E-state index in [0.29, 0.717) is 16.6 Å². The Morgan fingerprint density at radius 1 is 1.00 bits per heavy atom. The van der Waals surface area contributed by atoms with Crippen LogP contribution in [0.2, 0.25) is 5.02 Å². The number of benzene rings is 2. The van der Waals surface area contributed by atoms with Crippen molar-refractivity contribution in [3.63, 3.8) is 0 Å². The van der Waals surface area contributed by atoms with Gasteiger partial charge in [0, 0.05) is 17.3 Å². The van der Waals surface area contributed by atoms with Gasteiger partial charge in [-0.05, 0) is 42.5 Å². The van der Waals surface area contributed by atoms with Crippen LogP contribution < -0.4 is 4.74 Å². The molecular weight excluding hydrogens is 455 g/mol. The molecule has 3 aromatic rings. The van der Waals surface area contributed by atoms with Gasteiger partial charge in [-0.1, -0.05) is 11.6 Å². The fraction of sp³-hybridized carbons (Fsp3) is 0.333. The number of hydrogen-bond acceptors (Lipinski definition) is 6. The smallest absolute Gasteiger partial charge is 0.416 e. The first kappa shape index (κ1) is 22.8. The minimum Gasteiger partial charge on any atom is -0.460 e. The molecule has 2 unspecified atom stereocenters. The molecule has 0 radical (unpaired) electrons. The summed E-state index contributed by atoms with van der Waals surface area (Å²) in [6.45, 7) is -0.603. The molecule has 32 heavy (non-hydrogen) atoms. The number of ether oxygens (including phenoxy) is 2. The number of aromatic nitrogens is 1. The van der Waals surface area contributed by atoms with Crippen molar-refractivity contribution in [1.29, 1.82) is 0 Å². The molecule has 2 aromatic carbocycles. The van der Waals surface area contributed by atoms with Crippen molar-refractivity contribution in [1.82, 2.24) is 4.57 Å². The highest BCUT2D eigenvalue weighted by Crippen LogP contribution is 2.34. The molecule has 4 rings (SSSR count). The number of aliphatic hydroxyl groups excluding tert-OH is 4. The summed E-state index contributed by atoms with van der Waals surface area (Å²) in [5.74, 6) is 0.0931. The quantitative estimate of drug-likeness (QED) is 0.464. The first-order valence-electron chi connectivity index (χ1n) is 9.55. The highest BCUT2D eigenvalue weighted by Gasteiger charge is 2.44. The number of aliphatic hydroxyl groups is 4. The zero-order chi connectivity index (χ0) is 23.2. The van der Waals surface area contributed by atoms with Gasteiger partial charge in [-0.3, -0.25) is 0 Å². The summed E-state index contributed by atoms with van der Waals surface area (Å²) in [6, 6.07) is 9.55. The van der Waals surface area contributed by atoms with E-state index in [1.807, 2.05) is 0 Å². The summed E-state index contributed by atoms with van der Waals surface area (Å²) in [6.07, 6.45) is -10.1. The average molecular weight is 474 g/mol. The molecule has 4 N–H and O–H groups in total. The molecule has 0 spiro atoms. The standard InChI is InChI=1S/C21H19ClF3NO6/c22-13-8-12(26-6-5-10-7-11(21(23,24)25)1-3-14(10)26)2-4-15(13)31-20-19(30)18(29)17(28)16(9-27)32-20/h1-8,16-20,27-30H,9H2/t16-,17-,18?,19?,20+/m1/s1. The van der Waals surface area contributed by atoms with Gasteiger partial charge in [0.05, 0.1) is 22.7 Å². The van der Waals surface area contributed by atoms with Crippen LogP contribution in [0, 0.1) is 0 Å². The Bertz CT molecular complexity index is 1120. The van der Waals surface area contributed by atoms with E-state index in [4.69, 9.17) is 21.1 Å². The van der Waals surface area contributed by atoms with Crippen molar-refractivity contribution in [3.05, 3.63) is 59.2 Å². The Kier molecular flexibility index (Phi) is 6.10. The van der Waals surface area contributed by atoms with E-state index < -0.39 is 49.1 Å². The van der Waals surface area contributed by atoms with E-state index >= 15 is 0 Å². The Morgan fingerprint density at radius 3 is 2.41 bits per heavy atom. The van der Waals surface area contributed by atoms with E-state index in [2.05, 4.69) is 0 Å². The molecule has 1 fully saturated rings. The predicted octanol–water partition coefficient (Wildman–Crippen LogP) is 2.48. The zero-order valence-electron chi connectivity index (χ0n) is 16.3. The van der Waals surface area contributed by atoms with Gasteiger partial charge in [0.1, 0.15) is 30.2 Å². The lowest BCUT2D eigenvalue weighted by molar-refractivity contribution is -0.277. The maximum atomic E-state index is 12.9. The molecule has 0 bridgehead atoms. The van der Waals surface area contributed by atoms with Crippen LogP contribution in [0.4, 0.5) is 13.2 Å². The largest absolute Gasteiger partial charge is 0.460 e. The van der Waals surface area contributed by atoms with Crippen LogP contribution in [0.15, 0.2) is 48.7 Å². The third-order valence-corrected chi connectivity index (χ3v) is 5.60. The van der Waals surface area contributed by atoms with E-state index in [1.165, 1.54) is 18.2 Å². The highest BCUT2D eigenvalue weighted by atomic mass is 35.5. The van der Waals surface area contributed by atoms with E-state index in [-0.39, 0.29) is 10.8 Å². The fourth-order valence-corrected chi connectivity index (χ4v) is 3.79. The number of fused-ring (bicyclic) bond motifs is 1. The summed E-state index contributed by atoms with van der Waals surface area (Å²) in [5.41, 5.74) is 0.339. The Labute approximate surface area is 184 Å². The van der Waals surface area contributed by atoms with Crippen molar-refractivity contribution >= 4 is 22.5 Å². The summed E-state index contributed by atoms with van der Waals surface area (Å²) in [5, 5.41) is 39.6. The van der Waals surface area contributed by atoms with Crippen LogP contribution in [0.3, 0.4) is 0 Å². The van der Waals surface area contributed by atoms with Gasteiger partial charge in [-0.2, -0.15) is 13.2 Å². The molecule has 7 nitrogen and oxygen atoms in total. The SMILES string of the molecule is OC[C@H]1O[C@H](Oc2ccc(-n3ccc4cc(C(F)(F)F)ccc43)cc2Cl)C(O)C(O)[C@@H]1O. The molecule has 2 heterocycles. The van der Waals surface area contributed by atoms with Gasteiger partial charge < -0.3 is 34.5 Å². The Morgan fingerprint density at radius 2 is 1.75 bits per heavy atom. The number of nitrogens with zero attached hydrogens (tertiary/aromatic N) is 1. The molecule has 0 saturated carbocycles. The first-order chi connectivity index (χ1) is 15.1. The van der Waals surface area contributed by atoms with E-state index in [9.17, 15) is 33.6 Å². The number of rotatable bonds is 4. The summed E-state index contributed by atoms with van der Waals surface area (Å²) < 4.78 is 51.3. The van der Waals surface area contributed by atoms with Crippen molar-refractivity contribution in [2.75, 3.05) is 6.61 Å². The maximum Gasteiger partial charge on any atom is 0.416 e. The van der Waals surface area contributed by atoms with Gasteiger partial charge in [0.25, 0.3) is 0 Å². The first-order valence-corrected chi connectivity index (χ1v) is 9.93. The molecule has 1 aliphatic rings. The van der Waals surface area contributed by atoms with Crippen molar-refractivity contribution < 1.29 is 43.1 Å². The third-order valence-electron chi connectivity index (χ3n) is 5.30. The number of halogens is 4. The van der Waals surface area contributed by atoms with Crippen LogP contribution in [0.1, 0.15) is 5.56 Å². The lowest BCUT2D eigenvalue weighted by Crippen LogP contribution is -2.60.